The molecule has 5 nitrogen and oxygen atoms in total. The Labute approximate surface area is 106 Å². The van der Waals surface area contributed by atoms with Gasteiger partial charge in [-0.2, -0.15) is 0 Å². The molecule has 1 saturated carbocycles. The van der Waals surface area contributed by atoms with Crippen molar-refractivity contribution in [2.24, 2.45) is 16.3 Å². The van der Waals surface area contributed by atoms with Gasteiger partial charge in [0.15, 0.2) is 5.84 Å². The Morgan fingerprint density at radius 2 is 2.06 bits per heavy atom. The molecule has 1 unspecified atom stereocenters. The molecule has 96 valence electrons. The second kappa shape index (κ2) is 4.68. The molecule has 0 radical (unpaired) electrons. The summed E-state index contributed by atoms with van der Waals surface area (Å²) < 4.78 is 0. The Morgan fingerprint density at radius 1 is 1.44 bits per heavy atom. The number of carbonyl (C=O) groups excluding carboxylic acids is 1. The molecule has 4 N–H and O–H groups in total. The number of nitrogens with two attached hydrogens (primary N) is 1. The first-order chi connectivity index (χ1) is 8.60. The molecule has 0 spiro atoms. The highest BCUT2D eigenvalue weighted by molar-refractivity contribution is 6.09. The van der Waals surface area contributed by atoms with Gasteiger partial charge in [-0.3, -0.25) is 4.79 Å². The lowest BCUT2D eigenvalue weighted by atomic mass is 10.0. The van der Waals surface area contributed by atoms with Crippen molar-refractivity contribution in [2.45, 2.75) is 25.8 Å². The molecule has 1 aromatic carbocycles. The van der Waals surface area contributed by atoms with Gasteiger partial charge in [0.25, 0.3) is 0 Å². The molecule has 0 aliphatic heterocycles. The predicted molar refractivity (Wildman–Crippen MR) is 68.1 cm³/mol. The van der Waals surface area contributed by atoms with Crippen molar-refractivity contribution in [3.05, 3.63) is 35.9 Å². The number of oxime groups is 1. The molecule has 5 heteroatoms. The maximum absolute atomic E-state index is 12.1. The van der Waals surface area contributed by atoms with Crippen LogP contribution in [0.25, 0.3) is 0 Å². The van der Waals surface area contributed by atoms with Gasteiger partial charge in [0.1, 0.15) is 5.41 Å². The van der Waals surface area contributed by atoms with Gasteiger partial charge in [-0.25, -0.2) is 0 Å². The topological polar surface area (TPSA) is 87.7 Å². The minimum absolute atomic E-state index is 0.000242. The fraction of sp³-hybridized carbons (Fsp3) is 0.385. The van der Waals surface area contributed by atoms with Crippen molar-refractivity contribution < 1.29 is 10.0 Å². The van der Waals surface area contributed by atoms with Crippen LogP contribution in [0.3, 0.4) is 0 Å². The largest absolute Gasteiger partial charge is 0.409 e. The lowest BCUT2D eigenvalue weighted by Crippen LogP contribution is -2.41. The number of nitrogens with zero attached hydrogens (tertiary/aromatic N) is 1. The van der Waals surface area contributed by atoms with E-state index in [4.69, 9.17) is 10.9 Å². The number of nitrogens with one attached hydrogen (secondary N) is 1. The highest BCUT2D eigenvalue weighted by atomic mass is 16.4. The Morgan fingerprint density at radius 3 is 2.56 bits per heavy atom. The van der Waals surface area contributed by atoms with E-state index in [-0.39, 0.29) is 17.8 Å². The summed E-state index contributed by atoms with van der Waals surface area (Å²) in [4.78, 5) is 12.1. The molecule has 1 aliphatic carbocycles. The summed E-state index contributed by atoms with van der Waals surface area (Å²) >= 11 is 0. The standard InChI is InChI=1S/C13H17N3O2/c1-9(10-5-3-2-4-6-10)15-12(17)13(7-8-13)11(14)16-18/h2-6,9,18H,7-8H2,1H3,(H2,14,16)(H,15,17). The average Bonchev–Trinajstić information content (AvgIpc) is 3.20. The van der Waals surface area contributed by atoms with Crippen LogP contribution in [0.5, 0.6) is 0 Å². The molecular formula is C13H17N3O2. The van der Waals surface area contributed by atoms with Crippen LogP contribution in [0.4, 0.5) is 0 Å². The number of amidine groups is 1. The van der Waals surface area contributed by atoms with Crippen molar-refractivity contribution in [3.63, 3.8) is 0 Å². The molecule has 0 saturated heterocycles. The number of benzene rings is 1. The van der Waals surface area contributed by atoms with Crippen LogP contribution in [0, 0.1) is 5.41 Å². The Hall–Kier alpha value is -2.04. The lowest BCUT2D eigenvalue weighted by molar-refractivity contribution is -0.124. The average molecular weight is 247 g/mol. The van der Waals surface area contributed by atoms with Crippen molar-refractivity contribution >= 4 is 11.7 Å². The van der Waals surface area contributed by atoms with Gasteiger partial charge in [0, 0.05) is 0 Å². The Kier molecular flexibility index (Phi) is 3.23. The molecule has 1 fully saturated rings. The molecule has 0 heterocycles. The number of amides is 1. The van der Waals surface area contributed by atoms with Crippen molar-refractivity contribution in [2.75, 3.05) is 0 Å². The maximum Gasteiger partial charge on any atom is 0.234 e. The first-order valence-electron chi connectivity index (χ1n) is 5.94. The van der Waals surface area contributed by atoms with Gasteiger partial charge in [-0.1, -0.05) is 35.5 Å². The third-order valence-corrected chi connectivity index (χ3v) is 3.43. The van der Waals surface area contributed by atoms with Crippen LogP contribution in [-0.2, 0) is 4.79 Å². The van der Waals surface area contributed by atoms with Crippen molar-refractivity contribution in [1.82, 2.24) is 5.32 Å². The summed E-state index contributed by atoms with van der Waals surface area (Å²) in [5.41, 5.74) is 5.80. The van der Waals surface area contributed by atoms with E-state index in [0.717, 1.165) is 5.56 Å². The molecule has 1 atom stereocenters. The van der Waals surface area contributed by atoms with Gasteiger partial charge in [-0.15, -0.1) is 0 Å². The number of carbonyl (C=O) groups is 1. The third kappa shape index (κ3) is 2.16. The second-order valence-corrected chi connectivity index (χ2v) is 4.67. The Bertz CT molecular complexity index is 466. The van der Waals surface area contributed by atoms with Crippen LogP contribution in [0.15, 0.2) is 35.5 Å². The van der Waals surface area contributed by atoms with Crippen molar-refractivity contribution in [3.8, 4) is 0 Å². The minimum Gasteiger partial charge on any atom is -0.409 e. The van der Waals surface area contributed by atoms with E-state index in [1.165, 1.54) is 0 Å². The minimum atomic E-state index is -0.794. The van der Waals surface area contributed by atoms with E-state index in [2.05, 4.69) is 10.5 Å². The highest BCUT2D eigenvalue weighted by Gasteiger charge is 2.54. The first-order valence-corrected chi connectivity index (χ1v) is 5.94. The molecule has 1 aliphatic rings. The summed E-state index contributed by atoms with van der Waals surface area (Å²) in [5, 5.41) is 14.6. The molecule has 0 aromatic heterocycles. The van der Waals surface area contributed by atoms with Crippen LogP contribution in [0.2, 0.25) is 0 Å². The van der Waals surface area contributed by atoms with E-state index in [0.29, 0.717) is 12.8 Å². The van der Waals surface area contributed by atoms with E-state index in [1.54, 1.807) is 0 Å². The van der Waals surface area contributed by atoms with Crippen molar-refractivity contribution in [1.29, 1.82) is 0 Å². The van der Waals surface area contributed by atoms with E-state index >= 15 is 0 Å². The Balaban J connectivity index is 2.05. The normalized spacial score (nSPS) is 19.1. The molecule has 18 heavy (non-hydrogen) atoms. The fourth-order valence-electron chi connectivity index (χ4n) is 1.98. The van der Waals surface area contributed by atoms with Gasteiger partial charge in [0.2, 0.25) is 5.91 Å². The molecule has 2 rings (SSSR count). The lowest BCUT2D eigenvalue weighted by Gasteiger charge is -2.19. The quantitative estimate of drug-likeness (QED) is 0.325. The molecule has 0 bridgehead atoms. The zero-order chi connectivity index (χ0) is 13.2. The monoisotopic (exact) mass is 247 g/mol. The summed E-state index contributed by atoms with van der Waals surface area (Å²) in [6.07, 6.45) is 1.27. The van der Waals surface area contributed by atoms with Crippen LogP contribution >= 0.6 is 0 Å². The van der Waals surface area contributed by atoms with Gasteiger partial charge in [0.05, 0.1) is 6.04 Å². The smallest absolute Gasteiger partial charge is 0.234 e. The SMILES string of the molecule is CC(NC(=O)C1(/C(N)=N/O)CC1)c1ccccc1. The molecular weight excluding hydrogens is 230 g/mol. The van der Waals surface area contributed by atoms with Gasteiger partial charge >= 0.3 is 0 Å². The molecule has 1 amide bonds. The van der Waals surface area contributed by atoms with Crippen LogP contribution in [0.1, 0.15) is 31.4 Å². The zero-order valence-electron chi connectivity index (χ0n) is 10.3. The van der Waals surface area contributed by atoms with E-state index in [1.807, 2.05) is 37.3 Å². The predicted octanol–water partition coefficient (Wildman–Crippen LogP) is 1.39. The molecule has 1 aromatic rings. The number of rotatable bonds is 4. The summed E-state index contributed by atoms with van der Waals surface area (Å²) in [6, 6.07) is 9.59. The zero-order valence-corrected chi connectivity index (χ0v) is 10.3. The highest BCUT2D eigenvalue weighted by Crippen LogP contribution is 2.46. The summed E-state index contributed by atoms with van der Waals surface area (Å²) in [5.74, 6) is -0.172. The van der Waals surface area contributed by atoms with Crippen LogP contribution in [-0.4, -0.2) is 17.0 Å². The van der Waals surface area contributed by atoms with Gasteiger partial charge in [-0.05, 0) is 25.3 Å². The number of hydrogen-bond acceptors (Lipinski definition) is 3. The summed E-state index contributed by atoms with van der Waals surface area (Å²) in [6.45, 7) is 1.91. The summed E-state index contributed by atoms with van der Waals surface area (Å²) in [7, 11) is 0. The fourth-order valence-corrected chi connectivity index (χ4v) is 1.98. The number of hydrogen-bond donors (Lipinski definition) is 3. The van der Waals surface area contributed by atoms with E-state index < -0.39 is 5.41 Å². The maximum atomic E-state index is 12.1. The van der Waals surface area contributed by atoms with Gasteiger partial charge < -0.3 is 16.3 Å². The van der Waals surface area contributed by atoms with E-state index in [9.17, 15) is 4.79 Å². The first kappa shape index (κ1) is 12.4. The second-order valence-electron chi connectivity index (χ2n) is 4.67. The van der Waals surface area contributed by atoms with Crippen LogP contribution < -0.4 is 11.1 Å². The third-order valence-electron chi connectivity index (χ3n) is 3.43.